The van der Waals surface area contributed by atoms with Crippen molar-refractivity contribution in [3.8, 4) is 0 Å². The molecule has 0 spiro atoms. The van der Waals surface area contributed by atoms with Crippen molar-refractivity contribution in [2.75, 3.05) is 11.9 Å². The van der Waals surface area contributed by atoms with E-state index in [2.05, 4.69) is 40.2 Å². The zero-order valence-electron chi connectivity index (χ0n) is 9.33. The Hall–Kier alpha value is -1.04. The van der Waals surface area contributed by atoms with Crippen LogP contribution in [0.25, 0.3) is 0 Å². The quantitative estimate of drug-likeness (QED) is 0.870. The first kappa shape index (κ1) is 11.4. The van der Waals surface area contributed by atoms with E-state index < -0.39 is 5.91 Å². The van der Waals surface area contributed by atoms with Gasteiger partial charge < -0.3 is 11.1 Å². The van der Waals surface area contributed by atoms with Gasteiger partial charge in [0, 0.05) is 6.54 Å². The molecule has 1 aromatic heterocycles. The number of rotatable bonds is 2. The molecular formula is C10H15BrN4O. The van der Waals surface area contributed by atoms with Crippen molar-refractivity contribution in [2.24, 2.45) is 11.7 Å². The van der Waals surface area contributed by atoms with Crippen molar-refractivity contribution in [3.05, 3.63) is 10.2 Å². The first-order valence-corrected chi connectivity index (χ1v) is 6.17. The second-order valence-corrected chi connectivity index (χ2v) is 4.95. The van der Waals surface area contributed by atoms with Gasteiger partial charge >= 0.3 is 0 Å². The molecule has 0 aliphatic carbocycles. The molecule has 1 aliphatic rings. The average Bonchev–Trinajstić information content (AvgIpc) is 2.56. The van der Waals surface area contributed by atoms with Crippen LogP contribution in [0.15, 0.2) is 4.47 Å². The van der Waals surface area contributed by atoms with Gasteiger partial charge in [-0.05, 0) is 28.3 Å². The number of anilines is 1. The fourth-order valence-corrected chi connectivity index (χ4v) is 2.78. The van der Waals surface area contributed by atoms with Gasteiger partial charge in [-0.25, -0.2) is 4.68 Å². The van der Waals surface area contributed by atoms with Gasteiger partial charge in [0.25, 0.3) is 5.91 Å². The summed E-state index contributed by atoms with van der Waals surface area (Å²) in [6.07, 6.45) is 0.988. The van der Waals surface area contributed by atoms with Crippen molar-refractivity contribution in [1.29, 1.82) is 0 Å². The minimum absolute atomic E-state index is 0.301. The minimum atomic E-state index is -0.502. The Morgan fingerprint density at radius 2 is 2.44 bits per heavy atom. The Labute approximate surface area is 103 Å². The lowest BCUT2D eigenvalue weighted by molar-refractivity contribution is 0.0993. The van der Waals surface area contributed by atoms with E-state index >= 15 is 0 Å². The SMILES string of the molecule is CCC1C(C)CNc2c(Br)c(C(N)=O)nn21. The van der Waals surface area contributed by atoms with Crippen LogP contribution >= 0.6 is 15.9 Å². The lowest BCUT2D eigenvalue weighted by atomic mass is 9.98. The number of hydrogen-bond donors (Lipinski definition) is 2. The first-order valence-electron chi connectivity index (χ1n) is 5.38. The molecule has 0 fully saturated rings. The molecule has 16 heavy (non-hydrogen) atoms. The molecule has 0 aromatic carbocycles. The fraction of sp³-hybridized carbons (Fsp3) is 0.600. The third-order valence-corrected chi connectivity index (χ3v) is 3.82. The molecular weight excluding hydrogens is 272 g/mol. The van der Waals surface area contributed by atoms with Crippen molar-refractivity contribution >= 4 is 27.7 Å². The van der Waals surface area contributed by atoms with Gasteiger partial charge in [-0.2, -0.15) is 5.10 Å². The topological polar surface area (TPSA) is 72.9 Å². The fourth-order valence-electron chi connectivity index (χ4n) is 2.18. The van der Waals surface area contributed by atoms with Gasteiger partial charge in [0.2, 0.25) is 0 Å². The summed E-state index contributed by atoms with van der Waals surface area (Å²) in [4.78, 5) is 11.2. The van der Waals surface area contributed by atoms with Crippen molar-refractivity contribution in [3.63, 3.8) is 0 Å². The van der Waals surface area contributed by atoms with Crippen LogP contribution in [0.1, 0.15) is 36.8 Å². The summed E-state index contributed by atoms with van der Waals surface area (Å²) in [7, 11) is 0. The highest BCUT2D eigenvalue weighted by molar-refractivity contribution is 9.10. The van der Waals surface area contributed by atoms with Crippen LogP contribution in [-0.2, 0) is 0 Å². The molecule has 0 saturated heterocycles. The van der Waals surface area contributed by atoms with E-state index in [0.29, 0.717) is 22.1 Å². The molecule has 1 amide bonds. The summed E-state index contributed by atoms with van der Waals surface area (Å²) in [5, 5.41) is 7.55. The summed E-state index contributed by atoms with van der Waals surface area (Å²) < 4.78 is 2.54. The van der Waals surface area contributed by atoms with E-state index in [1.54, 1.807) is 0 Å². The lowest BCUT2D eigenvalue weighted by Gasteiger charge is -2.30. The Kier molecular flexibility index (Phi) is 2.92. The summed E-state index contributed by atoms with van der Waals surface area (Å²) >= 11 is 3.37. The van der Waals surface area contributed by atoms with E-state index in [4.69, 9.17) is 5.73 Å². The minimum Gasteiger partial charge on any atom is -0.369 e. The predicted molar refractivity (Wildman–Crippen MR) is 65.4 cm³/mol. The molecule has 0 radical (unpaired) electrons. The van der Waals surface area contributed by atoms with E-state index in [0.717, 1.165) is 18.8 Å². The van der Waals surface area contributed by atoms with Crippen LogP contribution in [0.2, 0.25) is 0 Å². The molecule has 1 aliphatic heterocycles. The van der Waals surface area contributed by atoms with E-state index in [1.165, 1.54) is 0 Å². The molecule has 2 atom stereocenters. The number of fused-ring (bicyclic) bond motifs is 1. The van der Waals surface area contributed by atoms with Crippen LogP contribution in [0, 0.1) is 5.92 Å². The molecule has 88 valence electrons. The van der Waals surface area contributed by atoms with Crippen LogP contribution in [0.3, 0.4) is 0 Å². The van der Waals surface area contributed by atoms with Gasteiger partial charge in [0.15, 0.2) is 5.69 Å². The molecule has 2 rings (SSSR count). The van der Waals surface area contributed by atoms with E-state index in [1.807, 2.05) is 4.68 Å². The number of halogens is 1. The van der Waals surface area contributed by atoms with Gasteiger partial charge in [-0.3, -0.25) is 4.79 Å². The zero-order chi connectivity index (χ0) is 11.9. The number of aromatic nitrogens is 2. The van der Waals surface area contributed by atoms with Gasteiger partial charge in [0.1, 0.15) is 5.82 Å². The van der Waals surface area contributed by atoms with Crippen molar-refractivity contribution in [2.45, 2.75) is 26.3 Å². The lowest BCUT2D eigenvalue weighted by Crippen LogP contribution is -2.31. The zero-order valence-corrected chi connectivity index (χ0v) is 10.9. The maximum atomic E-state index is 11.2. The van der Waals surface area contributed by atoms with Gasteiger partial charge in [-0.15, -0.1) is 0 Å². The van der Waals surface area contributed by atoms with Crippen LogP contribution in [0.5, 0.6) is 0 Å². The second-order valence-electron chi connectivity index (χ2n) is 4.15. The summed E-state index contributed by atoms with van der Waals surface area (Å²) in [6, 6.07) is 0.320. The number of carbonyl (C=O) groups is 1. The highest BCUT2D eigenvalue weighted by Gasteiger charge is 2.30. The summed E-state index contributed by atoms with van der Waals surface area (Å²) in [5.41, 5.74) is 5.58. The number of hydrogen-bond acceptors (Lipinski definition) is 3. The number of nitrogens with two attached hydrogens (primary N) is 1. The number of amides is 1. The van der Waals surface area contributed by atoms with Crippen LogP contribution in [-0.4, -0.2) is 22.2 Å². The van der Waals surface area contributed by atoms with Gasteiger partial charge in [-0.1, -0.05) is 13.8 Å². The molecule has 0 saturated carbocycles. The van der Waals surface area contributed by atoms with Crippen molar-refractivity contribution < 1.29 is 4.79 Å². The van der Waals surface area contributed by atoms with Crippen LogP contribution < -0.4 is 11.1 Å². The summed E-state index contributed by atoms with van der Waals surface area (Å²) in [5.74, 6) is 0.849. The monoisotopic (exact) mass is 286 g/mol. The average molecular weight is 287 g/mol. The maximum Gasteiger partial charge on any atom is 0.270 e. The van der Waals surface area contributed by atoms with E-state index in [9.17, 15) is 4.79 Å². The standard InChI is InChI=1S/C10H15BrN4O/c1-3-6-5(2)4-13-10-7(11)8(9(12)16)14-15(6)10/h5-6,13H,3-4H2,1-2H3,(H2,12,16). The number of carbonyl (C=O) groups excluding carboxylic acids is 1. The Balaban J connectivity index is 2.51. The highest BCUT2D eigenvalue weighted by atomic mass is 79.9. The van der Waals surface area contributed by atoms with Crippen LogP contribution in [0.4, 0.5) is 5.82 Å². The molecule has 3 N–H and O–H groups in total. The third kappa shape index (κ3) is 1.61. The molecule has 0 bridgehead atoms. The Bertz CT molecular complexity index is 429. The number of primary amides is 1. The van der Waals surface area contributed by atoms with Crippen molar-refractivity contribution in [1.82, 2.24) is 9.78 Å². The highest BCUT2D eigenvalue weighted by Crippen LogP contribution is 2.36. The molecule has 2 heterocycles. The maximum absolute atomic E-state index is 11.2. The molecule has 1 aromatic rings. The normalized spacial score (nSPS) is 23.7. The predicted octanol–water partition coefficient (Wildman–Crippen LogP) is 1.76. The second kappa shape index (κ2) is 4.08. The number of nitrogens with one attached hydrogen (secondary N) is 1. The summed E-state index contributed by atoms with van der Waals surface area (Å²) in [6.45, 7) is 5.18. The number of nitrogens with zero attached hydrogens (tertiary/aromatic N) is 2. The Morgan fingerprint density at radius 3 is 3.00 bits per heavy atom. The smallest absolute Gasteiger partial charge is 0.270 e. The Morgan fingerprint density at radius 1 is 1.75 bits per heavy atom. The first-order chi connectivity index (χ1) is 7.56. The largest absolute Gasteiger partial charge is 0.369 e. The third-order valence-electron chi connectivity index (χ3n) is 3.07. The molecule has 6 heteroatoms. The molecule has 5 nitrogen and oxygen atoms in total. The van der Waals surface area contributed by atoms with Gasteiger partial charge in [0.05, 0.1) is 10.5 Å². The molecule has 2 unspecified atom stereocenters. The van der Waals surface area contributed by atoms with E-state index in [-0.39, 0.29) is 0 Å².